The van der Waals surface area contributed by atoms with E-state index < -0.39 is 0 Å². The zero-order valence-corrected chi connectivity index (χ0v) is 16.5. The number of nitrogens with zero attached hydrogens (tertiary/aromatic N) is 3. The number of benzene rings is 2. The fourth-order valence-corrected chi connectivity index (χ4v) is 4.46. The van der Waals surface area contributed by atoms with Crippen LogP contribution in [0.2, 0.25) is 0 Å². The molecule has 0 fully saturated rings. The number of ether oxygens (including phenoxy) is 1. The van der Waals surface area contributed by atoms with Crippen LogP contribution in [0.3, 0.4) is 0 Å². The average molecular weight is 385 g/mol. The van der Waals surface area contributed by atoms with Crippen molar-refractivity contribution in [2.45, 2.75) is 19.4 Å². The number of anilines is 2. The van der Waals surface area contributed by atoms with E-state index in [4.69, 9.17) is 4.74 Å². The van der Waals surface area contributed by atoms with Gasteiger partial charge >= 0.3 is 0 Å². The molecule has 0 N–H and O–H groups in total. The maximum absolute atomic E-state index is 13.5. The molecule has 0 atom stereocenters. The summed E-state index contributed by atoms with van der Waals surface area (Å²) in [6.45, 7) is 2.24. The topological polar surface area (TPSA) is 45.7 Å². The standard InChI is InChI=1S/C24H23N3O2/c1-29-22-10-4-7-18-16-26(14-12-19(18)22)23-20(8-5-13-25-23)24(28)27-15-11-17-6-2-3-9-21(17)27/h2-10,13H,11-12,14-16H2,1H3. The van der Waals surface area contributed by atoms with Crippen LogP contribution in [-0.2, 0) is 19.4 Å². The van der Waals surface area contributed by atoms with Crippen LogP contribution in [0.4, 0.5) is 11.5 Å². The minimum Gasteiger partial charge on any atom is -0.496 e. The molecular weight excluding hydrogens is 362 g/mol. The summed E-state index contributed by atoms with van der Waals surface area (Å²) < 4.78 is 5.52. The van der Waals surface area contributed by atoms with E-state index in [0.29, 0.717) is 12.1 Å². The molecule has 0 bridgehead atoms. The van der Waals surface area contributed by atoms with Crippen LogP contribution in [-0.4, -0.2) is 31.1 Å². The first kappa shape index (κ1) is 17.7. The lowest BCUT2D eigenvalue weighted by molar-refractivity contribution is 0.0989. The molecule has 0 spiro atoms. The fraction of sp³-hybridized carbons (Fsp3) is 0.250. The summed E-state index contributed by atoms with van der Waals surface area (Å²) in [5.41, 5.74) is 5.39. The van der Waals surface area contributed by atoms with E-state index in [1.165, 1.54) is 16.7 Å². The number of carbonyl (C=O) groups excluding carboxylic acids is 1. The molecular formula is C24H23N3O2. The lowest BCUT2D eigenvalue weighted by atomic mass is 9.98. The van der Waals surface area contributed by atoms with Gasteiger partial charge in [0.1, 0.15) is 11.6 Å². The number of amides is 1. The van der Waals surface area contributed by atoms with Crippen LogP contribution in [0.25, 0.3) is 0 Å². The van der Waals surface area contributed by atoms with Gasteiger partial charge in [-0.2, -0.15) is 0 Å². The Balaban J connectivity index is 1.47. The fourth-order valence-electron chi connectivity index (χ4n) is 4.46. The molecule has 5 rings (SSSR count). The smallest absolute Gasteiger partial charge is 0.262 e. The normalized spacial score (nSPS) is 15.1. The molecule has 2 aromatic carbocycles. The molecule has 0 radical (unpaired) electrons. The van der Waals surface area contributed by atoms with Gasteiger partial charge in [-0.25, -0.2) is 4.98 Å². The van der Waals surface area contributed by atoms with Crippen molar-refractivity contribution in [2.75, 3.05) is 30.0 Å². The van der Waals surface area contributed by atoms with Gasteiger partial charge in [-0.1, -0.05) is 30.3 Å². The lowest BCUT2D eigenvalue weighted by Gasteiger charge is -2.32. The summed E-state index contributed by atoms with van der Waals surface area (Å²) >= 11 is 0. The van der Waals surface area contributed by atoms with Crippen molar-refractivity contribution in [3.05, 3.63) is 83.0 Å². The van der Waals surface area contributed by atoms with Crippen molar-refractivity contribution in [3.8, 4) is 5.75 Å². The third kappa shape index (κ3) is 3.03. The maximum Gasteiger partial charge on any atom is 0.262 e. The van der Waals surface area contributed by atoms with Gasteiger partial charge in [-0.3, -0.25) is 4.79 Å². The van der Waals surface area contributed by atoms with Crippen LogP contribution in [0.15, 0.2) is 60.8 Å². The van der Waals surface area contributed by atoms with Crippen LogP contribution in [0, 0.1) is 0 Å². The molecule has 146 valence electrons. The first-order chi connectivity index (χ1) is 14.3. The number of pyridine rings is 1. The van der Waals surface area contributed by atoms with Crippen molar-refractivity contribution in [2.24, 2.45) is 0 Å². The van der Waals surface area contributed by atoms with Gasteiger partial charge in [0.25, 0.3) is 5.91 Å². The van der Waals surface area contributed by atoms with Gasteiger partial charge in [0.05, 0.1) is 12.7 Å². The lowest BCUT2D eigenvalue weighted by Crippen LogP contribution is -2.35. The molecule has 29 heavy (non-hydrogen) atoms. The van der Waals surface area contributed by atoms with E-state index in [1.54, 1.807) is 13.3 Å². The van der Waals surface area contributed by atoms with Crippen molar-refractivity contribution >= 4 is 17.4 Å². The highest BCUT2D eigenvalue weighted by atomic mass is 16.5. The third-order valence-electron chi connectivity index (χ3n) is 5.89. The number of rotatable bonds is 3. The monoisotopic (exact) mass is 385 g/mol. The predicted molar refractivity (Wildman–Crippen MR) is 114 cm³/mol. The van der Waals surface area contributed by atoms with Gasteiger partial charge in [-0.05, 0) is 48.2 Å². The molecule has 5 nitrogen and oxygen atoms in total. The number of para-hydroxylation sites is 1. The second kappa shape index (κ2) is 7.24. The first-order valence-electron chi connectivity index (χ1n) is 10.0. The summed E-state index contributed by atoms with van der Waals surface area (Å²) in [7, 11) is 1.71. The van der Waals surface area contributed by atoms with Crippen LogP contribution in [0.5, 0.6) is 5.75 Å². The number of aromatic nitrogens is 1. The Kier molecular flexibility index (Phi) is 4.43. The molecule has 0 aliphatic carbocycles. The minimum absolute atomic E-state index is 0.0227. The summed E-state index contributed by atoms with van der Waals surface area (Å²) in [6.07, 6.45) is 3.54. The van der Waals surface area contributed by atoms with E-state index in [9.17, 15) is 4.79 Å². The SMILES string of the molecule is COc1cccc2c1CCN(c1ncccc1C(=O)N1CCc3ccccc31)C2. The summed E-state index contributed by atoms with van der Waals surface area (Å²) in [4.78, 5) is 22.2. The summed E-state index contributed by atoms with van der Waals surface area (Å²) in [5.74, 6) is 1.72. The minimum atomic E-state index is 0.0227. The first-order valence-corrected chi connectivity index (χ1v) is 10.0. The molecule has 0 saturated heterocycles. The highest BCUT2D eigenvalue weighted by Gasteiger charge is 2.29. The van der Waals surface area contributed by atoms with Gasteiger partial charge in [-0.15, -0.1) is 0 Å². The van der Waals surface area contributed by atoms with E-state index in [2.05, 4.69) is 22.0 Å². The molecule has 3 heterocycles. The van der Waals surface area contributed by atoms with Crippen molar-refractivity contribution in [3.63, 3.8) is 0 Å². The number of fused-ring (bicyclic) bond motifs is 2. The van der Waals surface area contributed by atoms with Gasteiger partial charge in [0.15, 0.2) is 0 Å². The van der Waals surface area contributed by atoms with Gasteiger partial charge in [0.2, 0.25) is 0 Å². The van der Waals surface area contributed by atoms with Gasteiger partial charge in [0, 0.05) is 37.1 Å². The number of carbonyl (C=O) groups is 1. The molecule has 1 amide bonds. The molecule has 0 unspecified atom stereocenters. The highest BCUT2D eigenvalue weighted by molar-refractivity contribution is 6.10. The Morgan fingerprint density at radius 2 is 1.83 bits per heavy atom. The highest BCUT2D eigenvalue weighted by Crippen LogP contribution is 2.33. The Labute approximate surface area is 170 Å². The second-order valence-corrected chi connectivity index (χ2v) is 7.48. The van der Waals surface area contributed by atoms with E-state index >= 15 is 0 Å². The Hall–Kier alpha value is -3.34. The largest absolute Gasteiger partial charge is 0.496 e. The zero-order valence-electron chi connectivity index (χ0n) is 16.5. The van der Waals surface area contributed by atoms with Crippen molar-refractivity contribution in [1.29, 1.82) is 0 Å². The molecule has 0 saturated carbocycles. The van der Waals surface area contributed by atoms with E-state index in [1.807, 2.05) is 47.4 Å². The third-order valence-corrected chi connectivity index (χ3v) is 5.89. The molecule has 2 aliphatic rings. The number of hydrogen-bond donors (Lipinski definition) is 0. The van der Waals surface area contributed by atoms with Gasteiger partial charge < -0.3 is 14.5 Å². The molecule has 2 aliphatic heterocycles. The summed E-state index contributed by atoms with van der Waals surface area (Å²) in [6, 6.07) is 18.0. The second-order valence-electron chi connectivity index (χ2n) is 7.48. The zero-order chi connectivity index (χ0) is 19.8. The average Bonchev–Trinajstić information content (AvgIpc) is 3.22. The van der Waals surface area contributed by atoms with Crippen LogP contribution in [0.1, 0.15) is 27.0 Å². The maximum atomic E-state index is 13.5. The Bertz CT molecular complexity index is 1080. The van der Waals surface area contributed by atoms with Crippen LogP contribution < -0.4 is 14.5 Å². The van der Waals surface area contributed by atoms with Crippen molar-refractivity contribution in [1.82, 2.24) is 4.98 Å². The Morgan fingerprint density at radius 3 is 2.72 bits per heavy atom. The molecule has 3 aromatic rings. The van der Waals surface area contributed by atoms with Crippen LogP contribution >= 0.6 is 0 Å². The molecule has 1 aromatic heterocycles. The van der Waals surface area contributed by atoms with E-state index in [-0.39, 0.29) is 5.91 Å². The quantitative estimate of drug-likeness (QED) is 0.687. The van der Waals surface area contributed by atoms with Crippen molar-refractivity contribution < 1.29 is 9.53 Å². The van der Waals surface area contributed by atoms with E-state index in [0.717, 1.165) is 43.2 Å². The summed E-state index contributed by atoms with van der Waals surface area (Å²) in [5, 5.41) is 0. The number of hydrogen-bond acceptors (Lipinski definition) is 4. The number of methoxy groups -OCH3 is 1. The predicted octanol–water partition coefficient (Wildman–Crippen LogP) is 3.86. The Morgan fingerprint density at radius 1 is 0.966 bits per heavy atom. The molecule has 5 heteroatoms.